The molecule has 0 aliphatic heterocycles. The highest BCUT2D eigenvalue weighted by molar-refractivity contribution is 5.88. The lowest BCUT2D eigenvalue weighted by molar-refractivity contribution is -0.122. The van der Waals surface area contributed by atoms with Crippen molar-refractivity contribution in [3.05, 3.63) is 60.7 Å². The molecule has 4 rings (SSSR count). The monoisotopic (exact) mass is 450 g/mol. The van der Waals surface area contributed by atoms with Crippen molar-refractivity contribution in [2.45, 2.75) is 0 Å². The largest absolute Gasteiger partial charge is 0.493 e. The summed E-state index contributed by atoms with van der Waals surface area (Å²) < 4.78 is 29.3. The average molecular weight is 450 g/mol. The van der Waals surface area contributed by atoms with Crippen LogP contribution in [-0.4, -0.2) is 46.9 Å². The number of hydrogen-bond donors (Lipinski definition) is 2. The van der Waals surface area contributed by atoms with E-state index in [0.717, 1.165) is 0 Å². The lowest BCUT2D eigenvalue weighted by Crippen LogP contribution is -2.34. The lowest BCUT2D eigenvalue weighted by Gasteiger charge is -2.12. The number of pyridine rings is 1. The van der Waals surface area contributed by atoms with E-state index in [-0.39, 0.29) is 18.4 Å². The predicted molar refractivity (Wildman–Crippen MR) is 117 cm³/mol. The highest BCUT2D eigenvalue weighted by atomic mass is 19.1. The number of nitrogens with one attached hydrogen (secondary N) is 2. The molecule has 0 aliphatic carbocycles. The highest BCUT2D eigenvalue weighted by Crippen LogP contribution is 2.35. The Hall–Kier alpha value is -4.54. The first kappa shape index (κ1) is 21.7. The number of anilines is 1. The number of methoxy groups -OCH3 is 2. The van der Waals surface area contributed by atoms with Crippen molar-refractivity contribution in [2.24, 2.45) is 0 Å². The van der Waals surface area contributed by atoms with Gasteiger partial charge in [0.15, 0.2) is 18.1 Å². The second-order valence-corrected chi connectivity index (χ2v) is 6.67. The van der Waals surface area contributed by atoms with Crippen LogP contribution in [0.25, 0.3) is 22.2 Å². The SMILES string of the molecule is COc1cc2nccc(OCC(=O)NNc3ncc(-c4ccc(F)cc4)nn3)c2cc1OC. The van der Waals surface area contributed by atoms with Crippen LogP contribution in [0.2, 0.25) is 0 Å². The van der Waals surface area contributed by atoms with Gasteiger partial charge < -0.3 is 14.2 Å². The molecule has 0 saturated heterocycles. The summed E-state index contributed by atoms with van der Waals surface area (Å²) in [5, 5.41) is 8.56. The van der Waals surface area contributed by atoms with E-state index in [0.29, 0.717) is 39.4 Å². The number of carbonyl (C=O) groups excluding carboxylic acids is 1. The Morgan fingerprint density at radius 3 is 2.42 bits per heavy atom. The summed E-state index contributed by atoms with van der Waals surface area (Å²) in [5.74, 6) is 0.782. The van der Waals surface area contributed by atoms with Crippen LogP contribution in [0.4, 0.5) is 10.3 Å². The fourth-order valence-corrected chi connectivity index (χ4v) is 2.96. The first-order valence-electron chi connectivity index (χ1n) is 9.71. The smallest absolute Gasteiger partial charge is 0.276 e. The van der Waals surface area contributed by atoms with E-state index in [1.165, 1.54) is 32.5 Å². The van der Waals surface area contributed by atoms with Crippen LogP contribution >= 0.6 is 0 Å². The third kappa shape index (κ3) is 5.03. The quantitative estimate of drug-likeness (QED) is 0.390. The molecular weight excluding hydrogens is 431 g/mol. The Morgan fingerprint density at radius 2 is 1.73 bits per heavy atom. The van der Waals surface area contributed by atoms with Gasteiger partial charge in [0.25, 0.3) is 11.9 Å². The third-order valence-electron chi connectivity index (χ3n) is 4.58. The molecule has 0 aliphatic rings. The summed E-state index contributed by atoms with van der Waals surface area (Å²) in [5.41, 5.74) is 6.76. The van der Waals surface area contributed by atoms with E-state index < -0.39 is 5.91 Å². The first-order chi connectivity index (χ1) is 16.1. The number of amides is 1. The molecule has 2 N–H and O–H groups in total. The Bertz CT molecular complexity index is 1270. The lowest BCUT2D eigenvalue weighted by atomic mass is 10.2. The summed E-state index contributed by atoms with van der Waals surface area (Å²) in [6.45, 7) is -0.276. The minimum absolute atomic E-state index is 0.0837. The van der Waals surface area contributed by atoms with Gasteiger partial charge in [0.2, 0.25) is 0 Å². The minimum Gasteiger partial charge on any atom is -0.493 e. The van der Waals surface area contributed by atoms with Gasteiger partial charge in [-0.1, -0.05) is 0 Å². The number of hydrazine groups is 1. The number of aromatic nitrogens is 4. The van der Waals surface area contributed by atoms with E-state index in [1.54, 1.807) is 36.5 Å². The minimum atomic E-state index is -0.466. The standard InChI is InChI=1S/C22H19FN6O4/c1-31-19-9-15-16(10-20(19)32-2)24-8-7-18(15)33-12-21(30)27-29-22-25-11-17(26-28-22)13-3-5-14(23)6-4-13/h3-11H,12H2,1-2H3,(H,27,30)(H,25,28,29). The van der Waals surface area contributed by atoms with Gasteiger partial charge >= 0.3 is 0 Å². The van der Waals surface area contributed by atoms with Crippen LogP contribution in [0.15, 0.2) is 54.9 Å². The normalized spacial score (nSPS) is 10.5. The summed E-state index contributed by atoms with van der Waals surface area (Å²) in [7, 11) is 3.07. The number of ether oxygens (including phenoxy) is 3. The van der Waals surface area contributed by atoms with Crippen LogP contribution in [0.3, 0.4) is 0 Å². The van der Waals surface area contributed by atoms with Gasteiger partial charge in [-0.2, -0.15) is 0 Å². The number of hydrogen-bond acceptors (Lipinski definition) is 9. The van der Waals surface area contributed by atoms with Crippen LogP contribution in [0.5, 0.6) is 17.2 Å². The Labute approximate surface area is 187 Å². The maximum atomic E-state index is 13.0. The van der Waals surface area contributed by atoms with E-state index in [4.69, 9.17) is 14.2 Å². The van der Waals surface area contributed by atoms with Gasteiger partial charge in [0.1, 0.15) is 17.3 Å². The molecular formula is C22H19FN6O4. The van der Waals surface area contributed by atoms with Gasteiger partial charge in [0.05, 0.1) is 25.9 Å². The molecule has 1 amide bonds. The molecule has 10 nitrogen and oxygen atoms in total. The van der Waals surface area contributed by atoms with Crippen LogP contribution < -0.4 is 25.1 Å². The number of halogens is 1. The fourth-order valence-electron chi connectivity index (χ4n) is 2.96. The van der Waals surface area contributed by atoms with Crippen molar-refractivity contribution in [3.63, 3.8) is 0 Å². The topological polar surface area (TPSA) is 120 Å². The second kappa shape index (κ2) is 9.73. The third-order valence-corrected chi connectivity index (χ3v) is 4.58. The van der Waals surface area contributed by atoms with Crippen molar-refractivity contribution in [1.29, 1.82) is 0 Å². The van der Waals surface area contributed by atoms with Crippen molar-refractivity contribution in [3.8, 4) is 28.5 Å². The van der Waals surface area contributed by atoms with Gasteiger partial charge in [-0.25, -0.2) is 9.37 Å². The zero-order valence-electron chi connectivity index (χ0n) is 17.7. The Balaban J connectivity index is 1.36. The van der Waals surface area contributed by atoms with Crippen LogP contribution in [0, 0.1) is 5.82 Å². The van der Waals surface area contributed by atoms with Gasteiger partial charge in [-0.3, -0.25) is 20.6 Å². The number of rotatable bonds is 8. The molecule has 0 bridgehead atoms. The summed E-state index contributed by atoms with van der Waals surface area (Å²) in [6, 6.07) is 10.9. The molecule has 0 radical (unpaired) electrons. The first-order valence-corrected chi connectivity index (χ1v) is 9.71. The van der Waals surface area contributed by atoms with Gasteiger partial charge in [-0.15, -0.1) is 10.2 Å². The maximum absolute atomic E-state index is 13.0. The van der Waals surface area contributed by atoms with Crippen molar-refractivity contribution in [2.75, 3.05) is 26.3 Å². The number of nitrogens with zero attached hydrogens (tertiary/aromatic N) is 4. The molecule has 0 fully saturated rings. The molecule has 168 valence electrons. The summed E-state index contributed by atoms with van der Waals surface area (Å²) >= 11 is 0. The molecule has 2 aromatic carbocycles. The van der Waals surface area contributed by atoms with E-state index >= 15 is 0 Å². The Morgan fingerprint density at radius 1 is 0.970 bits per heavy atom. The summed E-state index contributed by atoms with van der Waals surface area (Å²) in [4.78, 5) is 20.6. The molecule has 33 heavy (non-hydrogen) atoms. The molecule has 0 saturated carbocycles. The Kier molecular flexibility index (Phi) is 6.39. The number of benzene rings is 2. The number of carbonyl (C=O) groups is 1. The zero-order valence-corrected chi connectivity index (χ0v) is 17.7. The summed E-state index contributed by atoms with van der Waals surface area (Å²) in [6.07, 6.45) is 3.03. The molecule has 2 aromatic heterocycles. The zero-order chi connectivity index (χ0) is 23.2. The molecule has 0 atom stereocenters. The van der Waals surface area contributed by atoms with E-state index in [1.807, 2.05) is 0 Å². The second-order valence-electron chi connectivity index (χ2n) is 6.67. The molecule has 4 aromatic rings. The highest BCUT2D eigenvalue weighted by Gasteiger charge is 2.12. The van der Waals surface area contributed by atoms with Crippen molar-refractivity contribution in [1.82, 2.24) is 25.6 Å². The molecule has 0 spiro atoms. The van der Waals surface area contributed by atoms with E-state index in [2.05, 4.69) is 31.0 Å². The van der Waals surface area contributed by atoms with E-state index in [9.17, 15) is 9.18 Å². The maximum Gasteiger partial charge on any atom is 0.276 e. The molecule has 0 unspecified atom stereocenters. The van der Waals surface area contributed by atoms with Crippen molar-refractivity contribution < 1.29 is 23.4 Å². The number of fused-ring (bicyclic) bond motifs is 1. The molecule has 2 heterocycles. The van der Waals surface area contributed by atoms with Crippen LogP contribution in [-0.2, 0) is 4.79 Å². The van der Waals surface area contributed by atoms with Crippen molar-refractivity contribution >= 4 is 22.8 Å². The fraction of sp³-hybridized carbons (Fsp3) is 0.136. The predicted octanol–water partition coefficient (Wildman–Crippen LogP) is 2.77. The average Bonchev–Trinajstić information content (AvgIpc) is 2.86. The molecule has 11 heteroatoms. The van der Waals surface area contributed by atoms with Gasteiger partial charge in [-0.05, 0) is 36.4 Å². The van der Waals surface area contributed by atoms with Crippen LogP contribution in [0.1, 0.15) is 0 Å². The van der Waals surface area contributed by atoms with Gasteiger partial charge in [0, 0.05) is 23.2 Å².